The number of fused-ring (bicyclic) bond motifs is 1. The lowest BCUT2D eigenvalue weighted by Crippen LogP contribution is -2.30. The van der Waals surface area contributed by atoms with E-state index in [0.29, 0.717) is 41.4 Å². The fourth-order valence-corrected chi connectivity index (χ4v) is 18.8. The Morgan fingerprint density at radius 2 is 0.351 bits per heavy atom. The Labute approximate surface area is 782 Å². The first-order valence-electron chi connectivity index (χ1n) is 45.6. The van der Waals surface area contributed by atoms with Gasteiger partial charge in [0.25, 0.3) is 0 Å². The zero-order valence-electron chi connectivity index (χ0n) is 73.6. The molecule has 22 rings (SSSR count). The Bertz CT molecular complexity index is 6960. The van der Waals surface area contributed by atoms with Gasteiger partial charge in [0, 0.05) is 38.8 Å². The van der Waals surface area contributed by atoms with Gasteiger partial charge in [0.1, 0.15) is 0 Å². The van der Waals surface area contributed by atoms with Gasteiger partial charge in [0.05, 0.1) is 0 Å². The van der Waals surface area contributed by atoms with Crippen LogP contribution in [0.15, 0.2) is 516 Å². The number of hydrogen-bond acceptors (Lipinski definition) is 6. The normalized spacial score (nSPS) is 12.6. The van der Waals surface area contributed by atoms with Crippen molar-refractivity contribution in [3.63, 3.8) is 0 Å². The second-order valence-electron chi connectivity index (χ2n) is 34.2. The van der Waals surface area contributed by atoms with Gasteiger partial charge in [-0.15, -0.1) is 0 Å². The van der Waals surface area contributed by atoms with Gasteiger partial charge < -0.3 is 0 Å². The van der Waals surface area contributed by atoms with Gasteiger partial charge in [0.2, 0.25) is 0 Å². The maximum atomic E-state index is 5.67. The van der Waals surface area contributed by atoms with Gasteiger partial charge in [0.15, 0.2) is 34.9 Å². The minimum absolute atomic E-state index is 0.513. The molecule has 6 heteroatoms. The molecule has 630 valence electrons. The number of aromatic nitrogens is 6. The molecule has 2 heterocycles. The van der Waals surface area contributed by atoms with E-state index < -0.39 is 5.41 Å². The molecule has 0 atom stereocenters. The molecule has 21 aromatic rings. The molecule has 0 radical (unpaired) electrons. The fourth-order valence-electron chi connectivity index (χ4n) is 18.8. The van der Waals surface area contributed by atoms with Gasteiger partial charge in [-0.3, -0.25) is 0 Å². The van der Waals surface area contributed by atoms with Crippen LogP contribution in [0.25, 0.3) is 207 Å². The summed E-state index contributed by atoms with van der Waals surface area (Å²) in [7, 11) is 0. The van der Waals surface area contributed by atoms with Gasteiger partial charge in [-0.05, 0) is 277 Å². The molecule has 19 aromatic carbocycles. The summed E-state index contributed by atoms with van der Waals surface area (Å²) in [6, 6.07) is 174. The molecule has 2 aromatic heterocycles. The van der Waals surface area contributed by atoms with Gasteiger partial charge >= 0.3 is 0 Å². The van der Waals surface area contributed by atoms with Crippen LogP contribution in [0.2, 0.25) is 0 Å². The van der Waals surface area contributed by atoms with E-state index in [-0.39, 0.29) is 0 Å². The Morgan fingerprint density at radius 3 is 0.597 bits per heavy atom. The van der Waals surface area contributed by atoms with Crippen LogP contribution in [0.1, 0.15) is 28.7 Å². The van der Waals surface area contributed by atoms with Gasteiger partial charge in [-0.2, -0.15) is 0 Å². The summed E-state index contributed by atoms with van der Waals surface area (Å²) in [5, 5.41) is 0. The minimum Gasteiger partial charge on any atom is -0.208 e. The molecule has 0 saturated carbocycles. The summed E-state index contributed by atoms with van der Waals surface area (Å²) in [5.74, 6) is 3.14. The maximum absolute atomic E-state index is 5.67. The predicted octanol–water partition coefficient (Wildman–Crippen LogP) is 32.9. The lowest BCUT2D eigenvalue weighted by molar-refractivity contribution is 0.626. The van der Waals surface area contributed by atoms with Crippen LogP contribution in [0.3, 0.4) is 0 Å². The first kappa shape index (κ1) is 82.1. The van der Waals surface area contributed by atoms with E-state index in [0.717, 1.165) is 195 Å². The number of nitrogens with zero attached hydrogens (tertiary/aromatic N) is 6. The number of benzene rings is 19. The third kappa shape index (κ3) is 17.2. The van der Waals surface area contributed by atoms with Crippen molar-refractivity contribution in [2.24, 2.45) is 0 Å². The summed E-state index contributed by atoms with van der Waals surface area (Å²) in [5.41, 5.74) is 35.4. The van der Waals surface area contributed by atoms with E-state index in [1.807, 2.05) is 0 Å². The molecule has 0 spiro atoms. The van der Waals surface area contributed by atoms with E-state index in [4.69, 9.17) is 36.5 Å². The highest BCUT2D eigenvalue weighted by Gasteiger charge is 2.39. The molecule has 0 bridgehead atoms. The van der Waals surface area contributed by atoms with Crippen LogP contribution in [-0.4, -0.2) is 29.9 Å². The van der Waals surface area contributed by atoms with Crippen molar-refractivity contribution < 1.29 is 0 Å². The lowest BCUT2D eigenvalue weighted by atomic mass is 9.65. The first-order valence-corrected chi connectivity index (χ1v) is 45.6. The Kier molecular flexibility index (Phi) is 22.6. The monoisotopic (exact) mass is 1710 g/mol. The molecule has 6 nitrogen and oxygen atoms in total. The molecule has 0 fully saturated rings. The van der Waals surface area contributed by atoms with E-state index in [1.165, 1.54) is 0 Å². The summed E-state index contributed by atoms with van der Waals surface area (Å²) < 4.78 is 0. The number of hydrogen-bond donors (Lipinski definition) is 0. The molecular weight excluding hydrogens is 1620 g/mol. The lowest BCUT2D eigenvalue weighted by Gasteiger charge is -2.37. The van der Waals surface area contributed by atoms with Crippen LogP contribution in [0.4, 0.5) is 0 Å². The molecule has 0 unspecified atom stereocenters. The van der Waals surface area contributed by atoms with E-state index >= 15 is 0 Å². The van der Waals surface area contributed by atoms with Crippen molar-refractivity contribution in [3.05, 3.63) is 538 Å². The quantitative estimate of drug-likeness (QED) is 0.0757. The highest BCUT2D eigenvalue weighted by molar-refractivity contribution is 5.90. The third-order valence-electron chi connectivity index (χ3n) is 25.6. The van der Waals surface area contributed by atoms with Crippen molar-refractivity contribution in [1.29, 1.82) is 0 Å². The van der Waals surface area contributed by atoms with Crippen LogP contribution in [0.5, 0.6) is 0 Å². The van der Waals surface area contributed by atoms with Crippen molar-refractivity contribution in [2.75, 3.05) is 0 Å². The first-order chi connectivity index (χ1) is 66.2. The zero-order chi connectivity index (χ0) is 89.5. The second kappa shape index (κ2) is 36.9. The average molecular weight is 1710 g/mol. The topological polar surface area (TPSA) is 77.3 Å². The van der Waals surface area contributed by atoms with Gasteiger partial charge in [-0.25, -0.2) is 29.9 Å². The van der Waals surface area contributed by atoms with E-state index in [1.54, 1.807) is 0 Å². The van der Waals surface area contributed by atoms with E-state index in [2.05, 4.69) is 510 Å². The summed E-state index contributed by atoms with van der Waals surface area (Å²) >= 11 is 0. The molecule has 134 heavy (non-hydrogen) atoms. The maximum Gasteiger partial charge on any atom is 0.164 e. The largest absolute Gasteiger partial charge is 0.208 e. The number of rotatable bonds is 20. The van der Waals surface area contributed by atoms with Crippen molar-refractivity contribution in [3.8, 4) is 202 Å². The standard InChI is InChI=1S/C128H88N6/c1-87-37-11-10-30-68-128(121-67-29-28-66-120(87)121,118-64-35-62-104(85-118)126-131-122(100-58-31-54-96(69-100)114-77-106(88-38-12-2-13-39-88)73-107(78-114)89-40-14-3-15-41-89)129-123(132-126)101-59-32-55-97(70-101)115-79-108(90-42-16-4-17-43-90)74-109(80-115)91-44-18-5-19-45-91)119-65-36-63-105(86-119)127-133-124(102-60-33-56-98(71-102)116-81-110(92-46-20-6-21-47-92)75-111(82-116)93-48-22-7-23-49-93)130-125(134-127)103-61-34-57-99(72-103)117-83-112(94-50-24-8-25-51-94)76-113(84-117)95-52-26-9-27-53-95/h2-67,69-86H,1,68H2/b30-10-,37-11-. The highest BCUT2D eigenvalue weighted by Crippen LogP contribution is 2.49. The van der Waals surface area contributed by atoms with Crippen molar-refractivity contribution in [1.82, 2.24) is 29.9 Å². The number of allylic oxidation sites excluding steroid dienone is 5. The average Bonchev–Trinajstić information content (AvgIpc) is 0.950. The molecule has 0 saturated heterocycles. The van der Waals surface area contributed by atoms with E-state index in [9.17, 15) is 0 Å². The zero-order valence-corrected chi connectivity index (χ0v) is 73.6. The predicted molar refractivity (Wildman–Crippen MR) is 556 cm³/mol. The molecule has 0 amide bonds. The summed E-state index contributed by atoms with van der Waals surface area (Å²) in [4.78, 5) is 33.9. The second-order valence-corrected chi connectivity index (χ2v) is 34.2. The SMILES string of the molecule is C=C1/C=C\C=C/CC(c2cccc(-c3nc(-c4cccc(-c5cc(-c6ccccc6)cc(-c6ccccc6)c5)c4)nc(-c4cccc(-c5cc(-c6ccccc6)cc(-c6ccccc6)c5)c4)n3)c2)(c2cccc(-c3nc(-c4cccc(-c5cc(-c6ccccc6)cc(-c6ccccc6)c5)c4)nc(-c4cccc(-c5cc(-c6ccccc6)cc(-c6ccccc6)c5)c4)n3)c2)c2ccccc21. The Hall–Kier alpha value is -17.6. The minimum atomic E-state index is -0.920. The summed E-state index contributed by atoms with van der Waals surface area (Å²) in [6.07, 6.45) is 9.20. The molecular formula is C128H88N6. The molecule has 0 aliphatic heterocycles. The smallest absolute Gasteiger partial charge is 0.164 e. The molecule has 1 aliphatic rings. The van der Waals surface area contributed by atoms with Gasteiger partial charge in [-0.1, -0.05) is 407 Å². The van der Waals surface area contributed by atoms with Crippen LogP contribution >= 0.6 is 0 Å². The van der Waals surface area contributed by atoms with Crippen LogP contribution in [-0.2, 0) is 5.41 Å². The Balaban J connectivity index is 0.717. The van der Waals surface area contributed by atoms with Crippen molar-refractivity contribution >= 4 is 5.57 Å². The van der Waals surface area contributed by atoms with Crippen LogP contribution < -0.4 is 0 Å². The Morgan fingerprint density at radius 1 is 0.164 bits per heavy atom. The summed E-state index contributed by atoms with van der Waals surface area (Å²) in [6.45, 7) is 4.81. The van der Waals surface area contributed by atoms with Crippen LogP contribution in [0, 0.1) is 0 Å². The highest BCUT2D eigenvalue weighted by atomic mass is 15.0. The third-order valence-corrected chi connectivity index (χ3v) is 25.6. The molecule has 1 aliphatic carbocycles. The fraction of sp³-hybridized carbons (Fsp3) is 0.0156. The van der Waals surface area contributed by atoms with Crippen molar-refractivity contribution in [2.45, 2.75) is 11.8 Å². The molecule has 0 N–H and O–H groups in total.